The molecule has 34 heavy (non-hydrogen) atoms. The van der Waals surface area contributed by atoms with Crippen LogP contribution < -0.4 is 0 Å². The van der Waals surface area contributed by atoms with Crippen molar-refractivity contribution in [2.24, 2.45) is 64.6 Å². The quantitative estimate of drug-likeness (QED) is 0.532. The Kier molecular flexibility index (Phi) is 5.15. The maximum Gasteiger partial charge on any atom is 0.158 e. The van der Waals surface area contributed by atoms with Gasteiger partial charge in [0.25, 0.3) is 0 Å². The zero-order valence-electron chi connectivity index (χ0n) is 21.8. The predicted octanol–water partition coefficient (Wildman–Crippen LogP) is 6.26. The van der Waals surface area contributed by atoms with Crippen molar-refractivity contribution in [1.82, 2.24) is 9.78 Å². The summed E-state index contributed by atoms with van der Waals surface area (Å²) in [5.41, 5.74) is 0.502. The summed E-state index contributed by atoms with van der Waals surface area (Å²) in [6, 6.07) is 2.35. The maximum atomic E-state index is 13.9. The molecule has 4 heteroatoms. The van der Waals surface area contributed by atoms with Gasteiger partial charge >= 0.3 is 0 Å². The summed E-state index contributed by atoms with van der Waals surface area (Å²) in [6.45, 7) is 11.6. The van der Waals surface area contributed by atoms with Gasteiger partial charge < -0.3 is 0 Å². The van der Waals surface area contributed by atoms with Gasteiger partial charge in [-0.05, 0) is 111 Å². The molecule has 1 heterocycles. The lowest BCUT2D eigenvalue weighted by molar-refractivity contribution is -0.135. The number of carbonyl (C=O) groups is 1. The van der Waals surface area contributed by atoms with Crippen LogP contribution in [-0.2, 0) is 16.8 Å². The van der Waals surface area contributed by atoms with Gasteiger partial charge in [-0.1, -0.05) is 27.2 Å². The van der Waals surface area contributed by atoms with E-state index in [-0.39, 0.29) is 11.3 Å². The normalized spacial score (nSPS) is 47.1. The molecule has 6 rings (SSSR count). The molecular formula is C30H43N3O. The van der Waals surface area contributed by atoms with E-state index in [1.165, 1.54) is 44.9 Å². The van der Waals surface area contributed by atoms with E-state index < -0.39 is 5.41 Å². The van der Waals surface area contributed by atoms with E-state index in [0.29, 0.717) is 24.2 Å². The summed E-state index contributed by atoms with van der Waals surface area (Å²) in [5.74, 6) is 8.07. The molecule has 5 fully saturated rings. The Labute approximate surface area is 205 Å². The Morgan fingerprint density at radius 1 is 1.15 bits per heavy atom. The predicted molar refractivity (Wildman–Crippen MR) is 133 cm³/mol. The molecule has 4 nitrogen and oxygen atoms in total. The molecule has 11 atom stereocenters. The number of rotatable bonds is 4. The molecule has 0 spiro atoms. The van der Waals surface area contributed by atoms with Crippen molar-refractivity contribution in [2.45, 2.75) is 91.5 Å². The summed E-state index contributed by atoms with van der Waals surface area (Å²) in [6.07, 6.45) is 13.5. The molecule has 0 amide bonds. The smallest absolute Gasteiger partial charge is 0.158 e. The van der Waals surface area contributed by atoms with E-state index in [1.807, 2.05) is 20.0 Å². The second-order valence-electron chi connectivity index (χ2n) is 13.9. The lowest BCUT2D eigenvalue weighted by atomic mass is 9.47. The lowest BCUT2D eigenvalue weighted by Crippen LogP contribution is -2.51. The molecule has 5 saturated carbocycles. The molecule has 0 bridgehead atoms. The van der Waals surface area contributed by atoms with Crippen LogP contribution in [0.25, 0.3) is 0 Å². The summed E-state index contributed by atoms with van der Waals surface area (Å²) >= 11 is 0. The van der Waals surface area contributed by atoms with Crippen molar-refractivity contribution in [2.75, 3.05) is 0 Å². The number of hydrogen-bond donors (Lipinski definition) is 0. The zero-order valence-corrected chi connectivity index (χ0v) is 21.8. The summed E-state index contributed by atoms with van der Waals surface area (Å²) in [5, 5.41) is 14.0. The molecule has 2 unspecified atom stereocenters. The first-order valence-electron chi connectivity index (χ1n) is 14.1. The molecular weight excluding hydrogens is 418 g/mol. The molecule has 0 radical (unpaired) electrons. The highest BCUT2D eigenvalue weighted by Gasteiger charge is 2.73. The van der Waals surface area contributed by atoms with Crippen molar-refractivity contribution >= 4 is 5.78 Å². The lowest BCUT2D eigenvalue weighted by Gasteiger charge is -2.57. The number of ketones is 1. The van der Waals surface area contributed by atoms with Crippen molar-refractivity contribution in [3.05, 3.63) is 18.0 Å². The molecule has 0 saturated heterocycles. The highest BCUT2D eigenvalue weighted by Crippen LogP contribution is 2.76. The largest absolute Gasteiger partial charge is 0.297 e. The van der Waals surface area contributed by atoms with Crippen LogP contribution in [0.5, 0.6) is 0 Å². The van der Waals surface area contributed by atoms with E-state index in [1.54, 1.807) is 10.9 Å². The van der Waals surface area contributed by atoms with E-state index in [2.05, 4.69) is 31.9 Å². The van der Waals surface area contributed by atoms with Gasteiger partial charge in [-0.2, -0.15) is 10.4 Å². The van der Waals surface area contributed by atoms with E-state index >= 15 is 0 Å². The fourth-order valence-corrected chi connectivity index (χ4v) is 10.2. The highest BCUT2D eigenvalue weighted by molar-refractivity contribution is 5.83. The van der Waals surface area contributed by atoms with Gasteiger partial charge in [0.05, 0.1) is 24.2 Å². The third-order valence-corrected chi connectivity index (χ3v) is 11.8. The number of nitrogens with zero attached hydrogens (tertiary/aromatic N) is 3. The van der Waals surface area contributed by atoms with Crippen molar-refractivity contribution in [3.63, 3.8) is 0 Å². The third-order valence-electron chi connectivity index (χ3n) is 11.8. The number of Topliss-reactive ketones (excluding diaryl/α,β-unsaturated/α-hetero) is 1. The van der Waals surface area contributed by atoms with Gasteiger partial charge in [-0.3, -0.25) is 9.48 Å². The molecule has 1 aromatic rings. The van der Waals surface area contributed by atoms with Crippen LogP contribution in [0.2, 0.25) is 0 Å². The minimum atomic E-state index is -0.573. The number of aromatic nitrogens is 2. The van der Waals surface area contributed by atoms with Gasteiger partial charge in [0.2, 0.25) is 0 Å². The Hall–Kier alpha value is -1.63. The van der Waals surface area contributed by atoms with Crippen LogP contribution in [0, 0.1) is 75.9 Å². The van der Waals surface area contributed by atoms with E-state index in [9.17, 15) is 10.1 Å². The molecule has 0 N–H and O–H groups in total. The highest BCUT2D eigenvalue weighted by atomic mass is 16.1. The van der Waals surface area contributed by atoms with Crippen molar-refractivity contribution < 1.29 is 4.79 Å². The van der Waals surface area contributed by atoms with Crippen molar-refractivity contribution in [1.29, 1.82) is 5.26 Å². The Morgan fingerprint density at radius 3 is 2.68 bits per heavy atom. The molecule has 0 aliphatic heterocycles. The van der Waals surface area contributed by atoms with Crippen LogP contribution in [0.15, 0.2) is 12.4 Å². The second-order valence-corrected chi connectivity index (χ2v) is 13.9. The Bertz CT molecular complexity index is 1020. The maximum absolute atomic E-state index is 13.9. The first kappa shape index (κ1) is 22.8. The molecule has 0 aromatic carbocycles. The fourth-order valence-electron chi connectivity index (χ4n) is 10.2. The number of carbonyl (C=O) groups excluding carboxylic acids is 1. The molecule has 184 valence electrons. The standard InChI is InChI=1S/C30H43N3O/c1-17-6-8-21-19(12-17)7-9-23-22(21)10-11-30(5)27(23)25-18(2)26(25)28(30)24(34)15-33-14-20(13-32-33)29(3,4)16-31/h13-14,17-19,21-23,25-28H,6-12,15H2,1-5H3/t17-,18-,19+,21-,22?,23+,25+,26-,27?,28-,30-/m0/s1. The Balaban J connectivity index is 1.23. The molecule has 5 aliphatic carbocycles. The van der Waals surface area contributed by atoms with Crippen LogP contribution in [-0.4, -0.2) is 15.6 Å². The van der Waals surface area contributed by atoms with Gasteiger partial charge in [0.15, 0.2) is 5.78 Å². The van der Waals surface area contributed by atoms with Gasteiger partial charge in [-0.25, -0.2) is 0 Å². The summed E-state index contributed by atoms with van der Waals surface area (Å²) < 4.78 is 1.80. The van der Waals surface area contributed by atoms with Crippen molar-refractivity contribution in [3.8, 4) is 6.07 Å². The minimum Gasteiger partial charge on any atom is -0.297 e. The first-order chi connectivity index (χ1) is 16.2. The summed E-state index contributed by atoms with van der Waals surface area (Å²) in [7, 11) is 0. The van der Waals surface area contributed by atoms with E-state index in [4.69, 9.17) is 0 Å². The SMILES string of the molecule is C[C@H]1CC[C@@H]2C3CC[C@@]4(C)C([C@@H]3CC[C@@H]2C1)[C@@H]1[C@H](C)[C@@H]1[C@@H]4C(=O)Cn1cc(C(C)(C)C#N)cn1. The van der Waals surface area contributed by atoms with Gasteiger partial charge in [0.1, 0.15) is 0 Å². The summed E-state index contributed by atoms with van der Waals surface area (Å²) in [4.78, 5) is 13.9. The number of nitriles is 1. The minimum absolute atomic E-state index is 0.177. The fraction of sp³-hybridized carbons (Fsp3) is 0.833. The van der Waals surface area contributed by atoms with Gasteiger partial charge in [-0.15, -0.1) is 0 Å². The van der Waals surface area contributed by atoms with Crippen LogP contribution in [0.1, 0.15) is 85.1 Å². The van der Waals surface area contributed by atoms with Gasteiger partial charge in [0, 0.05) is 17.7 Å². The molecule has 1 aromatic heterocycles. The molecule has 5 aliphatic rings. The second kappa shape index (κ2) is 7.68. The topological polar surface area (TPSA) is 58.7 Å². The van der Waals surface area contributed by atoms with Crippen LogP contribution >= 0.6 is 0 Å². The van der Waals surface area contributed by atoms with E-state index in [0.717, 1.165) is 47.0 Å². The first-order valence-corrected chi connectivity index (χ1v) is 14.1. The Morgan fingerprint density at radius 2 is 1.91 bits per heavy atom. The number of fused-ring (bicyclic) bond motifs is 7. The zero-order chi connectivity index (χ0) is 24.0. The third kappa shape index (κ3) is 3.21. The van der Waals surface area contributed by atoms with Crippen LogP contribution in [0.3, 0.4) is 0 Å². The van der Waals surface area contributed by atoms with Crippen LogP contribution in [0.4, 0.5) is 0 Å². The average Bonchev–Trinajstić information content (AvgIpc) is 3.14. The average molecular weight is 462 g/mol. The monoisotopic (exact) mass is 461 g/mol. The number of hydrogen-bond acceptors (Lipinski definition) is 3.